The van der Waals surface area contributed by atoms with Gasteiger partial charge in [-0.3, -0.25) is 0 Å². The Balaban J connectivity index is 1.87. The van der Waals surface area contributed by atoms with Crippen molar-refractivity contribution in [2.45, 2.75) is 70.1 Å². The molecule has 3 rings (SSSR count). The van der Waals surface area contributed by atoms with E-state index in [2.05, 4.69) is 27.8 Å². The molecule has 1 aromatic heterocycles. The Kier molecular flexibility index (Phi) is 4.29. The summed E-state index contributed by atoms with van der Waals surface area (Å²) in [6, 6.07) is 0. The number of anilines is 1. The predicted octanol–water partition coefficient (Wildman–Crippen LogP) is 4.77. The minimum atomic E-state index is 0.516. The van der Waals surface area contributed by atoms with Crippen LogP contribution in [0.1, 0.15) is 81.6 Å². The Morgan fingerprint density at radius 1 is 0.950 bits per heavy atom. The van der Waals surface area contributed by atoms with Crippen molar-refractivity contribution in [3.63, 3.8) is 0 Å². The summed E-state index contributed by atoms with van der Waals surface area (Å²) in [6.07, 6.45) is 10.1. The summed E-state index contributed by atoms with van der Waals surface area (Å²) < 4.78 is 0.942. The highest BCUT2D eigenvalue weighted by molar-refractivity contribution is 9.10. The van der Waals surface area contributed by atoms with Crippen LogP contribution in [-0.4, -0.2) is 9.97 Å². The third kappa shape index (κ3) is 2.85. The van der Waals surface area contributed by atoms with Gasteiger partial charge in [0.1, 0.15) is 11.6 Å². The summed E-state index contributed by atoms with van der Waals surface area (Å²) in [4.78, 5) is 9.50. The molecule has 2 fully saturated rings. The van der Waals surface area contributed by atoms with Gasteiger partial charge in [0.2, 0.25) is 0 Å². The van der Waals surface area contributed by atoms with E-state index >= 15 is 0 Å². The van der Waals surface area contributed by atoms with Crippen molar-refractivity contribution in [1.29, 1.82) is 0 Å². The molecule has 0 radical (unpaired) electrons. The number of nitrogens with two attached hydrogens (primary N) is 1. The van der Waals surface area contributed by atoms with Crippen LogP contribution in [0.15, 0.2) is 4.47 Å². The van der Waals surface area contributed by atoms with Gasteiger partial charge < -0.3 is 5.73 Å². The second-order valence-corrected chi connectivity index (χ2v) is 7.40. The van der Waals surface area contributed by atoms with Crippen LogP contribution in [0.3, 0.4) is 0 Å². The fourth-order valence-corrected chi connectivity index (χ4v) is 4.17. The summed E-state index contributed by atoms with van der Waals surface area (Å²) >= 11 is 3.61. The third-order valence-electron chi connectivity index (χ3n) is 5.04. The smallest absolute Gasteiger partial charge is 0.141 e. The van der Waals surface area contributed by atoms with Crippen molar-refractivity contribution < 1.29 is 0 Å². The first-order valence-electron chi connectivity index (χ1n) is 7.98. The van der Waals surface area contributed by atoms with Crippen LogP contribution in [0.2, 0.25) is 0 Å². The first-order chi connectivity index (χ1) is 9.65. The molecule has 20 heavy (non-hydrogen) atoms. The topological polar surface area (TPSA) is 51.8 Å². The summed E-state index contributed by atoms with van der Waals surface area (Å²) in [5.74, 6) is 3.58. The Labute approximate surface area is 129 Å². The molecule has 1 heterocycles. The number of hydrogen-bond donors (Lipinski definition) is 1. The average molecular weight is 338 g/mol. The van der Waals surface area contributed by atoms with Crippen LogP contribution < -0.4 is 5.73 Å². The maximum atomic E-state index is 6.13. The lowest BCUT2D eigenvalue weighted by Gasteiger charge is -2.26. The third-order valence-corrected chi connectivity index (χ3v) is 5.86. The van der Waals surface area contributed by atoms with E-state index in [1.807, 2.05) is 0 Å². The molecule has 0 amide bonds. The highest BCUT2D eigenvalue weighted by atomic mass is 79.9. The molecule has 0 saturated heterocycles. The molecule has 0 aromatic carbocycles. The molecule has 110 valence electrons. The van der Waals surface area contributed by atoms with E-state index in [4.69, 9.17) is 10.7 Å². The van der Waals surface area contributed by atoms with Crippen molar-refractivity contribution in [2.24, 2.45) is 5.92 Å². The first-order valence-corrected chi connectivity index (χ1v) is 8.77. The lowest BCUT2D eigenvalue weighted by Crippen LogP contribution is -2.16. The van der Waals surface area contributed by atoms with Gasteiger partial charge in [0.25, 0.3) is 0 Å². The molecule has 2 aliphatic carbocycles. The van der Waals surface area contributed by atoms with Crippen molar-refractivity contribution >= 4 is 21.7 Å². The fraction of sp³-hybridized carbons (Fsp3) is 0.750. The molecule has 2 aliphatic rings. The Hall–Kier alpha value is -0.640. The molecule has 3 nitrogen and oxygen atoms in total. The quantitative estimate of drug-likeness (QED) is 0.845. The van der Waals surface area contributed by atoms with Crippen LogP contribution in [0, 0.1) is 5.92 Å². The minimum absolute atomic E-state index is 0.516. The summed E-state index contributed by atoms with van der Waals surface area (Å²) in [6.45, 7) is 2.34. The van der Waals surface area contributed by atoms with Gasteiger partial charge >= 0.3 is 0 Å². The molecule has 0 bridgehead atoms. The zero-order valence-electron chi connectivity index (χ0n) is 12.2. The monoisotopic (exact) mass is 337 g/mol. The number of halogens is 1. The second kappa shape index (κ2) is 6.00. The van der Waals surface area contributed by atoms with Crippen LogP contribution in [0.25, 0.3) is 0 Å². The van der Waals surface area contributed by atoms with Gasteiger partial charge in [-0.2, -0.15) is 0 Å². The van der Waals surface area contributed by atoms with Crippen molar-refractivity contribution in [3.8, 4) is 0 Å². The predicted molar refractivity (Wildman–Crippen MR) is 85.7 cm³/mol. The van der Waals surface area contributed by atoms with E-state index in [-0.39, 0.29) is 0 Å². The van der Waals surface area contributed by atoms with Gasteiger partial charge in [0.15, 0.2) is 0 Å². The zero-order valence-corrected chi connectivity index (χ0v) is 13.8. The number of nitrogen functional groups attached to an aromatic ring is 1. The normalized spacial score (nSPS) is 27.9. The van der Waals surface area contributed by atoms with Crippen LogP contribution >= 0.6 is 15.9 Å². The van der Waals surface area contributed by atoms with E-state index < -0.39 is 0 Å². The molecule has 0 spiro atoms. The Bertz CT molecular complexity index is 475. The van der Waals surface area contributed by atoms with Crippen LogP contribution in [0.5, 0.6) is 0 Å². The maximum absolute atomic E-state index is 6.13. The largest absolute Gasteiger partial charge is 0.383 e. The summed E-state index contributed by atoms with van der Waals surface area (Å²) in [5.41, 5.74) is 7.30. The van der Waals surface area contributed by atoms with E-state index in [1.54, 1.807) is 0 Å². The van der Waals surface area contributed by atoms with Crippen molar-refractivity contribution in [3.05, 3.63) is 16.0 Å². The van der Waals surface area contributed by atoms with Crippen molar-refractivity contribution in [2.75, 3.05) is 5.73 Å². The van der Waals surface area contributed by atoms with Gasteiger partial charge in [-0.15, -0.1) is 0 Å². The SMILES string of the molecule is CC1CCC(c2nc(N)c(Br)c(C3CCCC3)n2)CC1. The lowest BCUT2D eigenvalue weighted by molar-refractivity contribution is 0.339. The number of hydrogen-bond acceptors (Lipinski definition) is 3. The standard InChI is InChI=1S/C16H24BrN3/c1-10-6-8-12(9-7-10)16-19-14(11-4-2-3-5-11)13(17)15(18)20-16/h10-12H,2-9H2,1H3,(H2,18,19,20). The van der Waals surface area contributed by atoms with Gasteiger partial charge in [-0.05, 0) is 47.5 Å². The second-order valence-electron chi connectivity index (χ2n) is 6.60. The van der Waals surface area contributed by atoms with E-state index in [0.717, 1.165) is 16.2 Å². The zero-order chi connectivity index (χ0) is 14.1. The van der Waals surface area contributed by atoms with Gasteiger partial charge in [-0.1, -0.05) is 32.6 Å². The van der Waals surface area contributed by atoms with Gasteiger partial charge in [0, 0.05) is 11.8 Å². The van der Waals surface area contributed by atoms with E-state index in [9.17, 15) is 0 Å². The average Bonchev–Trinajstić information content (AvgIpc) is 2.96. The molecule has 1 aromatic rings. The summed E-state index contributed by atoms with van der Waals surface area (Å²) in [5, 5.41) is 0. The van der Waals surface area contributed by atoms with E-state index in [1.165, 1.54) is 57.1 Å². The van der Waals surface area contributed by atoms with Gasteiger partial charge in [-0.25, -0.2) is 9.97 Å². The van der Waals surface area contributed by atoms with Crippen LogP contribution in [0.4, 0.5) is 5.82 Å². The van der Waals surface area contributed by atoms with E-state index in [0.29, 0.717) is 17.7 Å². The number of rotatable bonds is 2. The first kappa shape index (κ1) is 14.3. The highest BCUT2D eigenvalue weighted by Gasteiger charge is 2.27. The molecule has 0 atom stereocenters. The van der Waals surface area contributed by atoms with Crippen LogP contribution in [-0.2, 0) is 0 Å². The fourth-order valence-electron chi connectivity index (χ4n) is 3.67. The molecule has 0 aliphatic heterocycles. The molecule has 2 saturated carbocycles. The maximum Gasteiger partial charge on any atom is 0.141 e. The minimum Gasteiger partial charge on any atom is -0.383 e. The summed E-state index contributed by atoms with van der Waals surface area (Å²) in [7, 11) is 0. The molecular formula is C16H24BrN3. The van der Waals surface area contributed by atoms with Crippen molar-refractivity contribution in [1.82, 2.24) is 9.97 Å². The van der Waals surface area contributed by atoms with Gasteiger partial charge in [0.05, 0.1) is 10.2 Å². The Morgan fingerprint density at radius 3 is 2.25 bits per heavy atom. The molecule has 0 unspecified atom stereocenters. The molecule has 4 heteroatoms. The number of aromatic nitrogens is 2. The lowest BCUT2D eigenvalue weighted by atomic mass is 9.82. The number of nitrogens with zero attached hydrogens (tertiary/aromatic N) is 2. The molecular weight excluding hydrogens is 314 g/mol. The Morgan fingerprint density at radius 2 is 1.60 bits per heavy atom. The molecule has 2 N–H and O–H groups in total. The highest BCUT2D eigenvalue weighted by Crippen LogP contribution is 2.40.